The standard InChI is InChI=1S/C28H36BrN3O5.C18H23Br2NO5/c1-34-15-16-36-19-20-37-18-17-35-14-13-32-26-8-7-24(29)21-23(26)22-27(28(32)33)31-11-9-30(10-12-31)25-5-3-2-4-6-25;1-23-6-7-25-10-11-26-9-8-24-5-4-21-17-3-2-15(19)12-14(17)13-16(20)18(21)22/h2-8,21-22H,9-20H2,1H3;2-3,12-13H,4-11H2,1H3. The summed E-state index contributed by atoms with van der Waals surface area (Å²) in [5, 5.41) is 2.02. The lowest BCUT2D eigenvalue weighted by Gasteiger charge is -2.37. The summed E-state index contributed by atoms with van der Waals surface area (Å²) in [5.41, 5.74) is 3.73. The highest BCUT2D eigenvalue weighted by molar-refractivity contribution is 9.11. The molecule has 6 rings (SSSR count). The number of fused-ring (bicyclic) bond motifs is 2. The van der Waals surface area contributed by atoms with Gasteiger partial charge in [0.05, 0.1) is 108 Å². The molecular formula is C46H59Br3N4O10. The zero-order chi connectivity index (χ0) is 44.7. The van der Waals surface area contributed by atoms with Crippen LogP contribution in [0.15, 0.2) is 102 Å². The summed E-state index contributed by atoms with van der Waals surface area (Å²) < 4.78 is 48.9. The van der Waals surface area contributed by atoms with Crippen LogP contribution >= 0.6 is 47.8 Å². The first-order valence-electron chi connectivity index (χ1n) is 21.1. The Morgan fingerprint density at radius 3 is 1.35 bits per heavy atom. The van der Waals surface area contributed by atoms with Gasteiger partial charge in [0, 0.05) is 78.9 Å². The number of hydrogen-bond donors (Lipinski definition) is 0. The van der Waals surface area contributed by atoms with Gasteiger partial charge in [-0.1, -0.05) is 50.1 Å². The minimum absolute atomic E-state index is 0.0241. The van der Waals surface area contributed by atoms with E-state index >= 15 is 0 Å². The fourth-order valence-electron chi connectivity index (χ4n) is 6.86. The van der Waals surface area contributed by atoms with Crippen molar-refractivity contribution in [2.24, 2.45) is 0 Å². The van der Waals surface area contributed by atoms with Crippen LogP contribution in [0.2, 0.25) is 0 Å². The Balaban J connectivity index is 0.000000253. The molecule has 0 bridgehead atoms. The molecule has 63 heavy (non-hydrogen) atoms. The highest BCUT2D eigenvalue weighted by Gasteiger charge is 2.21. The quantitative estimate of drug-likeness (QED) is 0.0530. The summed E-state index contributed by atoms with van der Waals surface area (Å²) in [6.45, 7) is 11.5. The predicted molar refractivity (Wildman–Crippen MR) is 259 cm³/mol. The second-order valence-corrected chi connectivity index (χ2v) is 17.0. The summed E-state index contributed by atoms with van der Waals surface area (Å²) in [4.78, 5) is 30.6. The van der Waals surface area contributed by atoms with E-state index in [2.05, 4.69) is 87.9 Å². The van der Waals surface area contributed by atoms with E-state index in [0.717, 1.165) is 62.6 Å². The Labute approximate surface area is 394 Å². The number of benzene rings is 3. The summed E-state index contributed by atoms with van der Waals surface area (Å²) >= 11 is 10.4. The first-order chi connectivity index (χ1) is 30.8. The normalized spacial score (nSPS) is 12.9. The smallest absolute Gasteiger partial charge is 0.274 e. The third kappa shape index (κ3) is 16.6. The second-order valence-electron chi connectivity index (χ2n) is 14.3. The number of halogens is 3. The maximum Gasteiger partial charge on any atom is 0.274 e. The molecule has 14 nitrogen and oxygen atoms in total. The van der Waals surface area contributed by atoms with Gasteiger partial charge in [0.15, 0.2) is 0 Å². The molecular weight excluding hydrogens is 1010 g/mol. The molecule has 1 fully saturated rings. The molecule has 0 unspecified atom stereocenters. The number of nitrogens with zero attached hydrogens (tertiary/aromatic N) is 4. The average molecular weight is 1070 g/mol. The highest BCUT2D eigenvalue weighted by Crippen LogP contribution is 2.25. The van der Waals surface area contributed by atoms with E-state index in [1.54, 1.807) is 18.8 Å². The first kappa shape index (κ1) is 50.8. The molecule has 5 aromatic rings. The molecule has 1 aliphatic heterocycles. The maximum absolute atomic E-state index is 13.6. The van der Waals surface area contributed by atoms with E-state index in [1.165, 1.54) is 5.69 Å². The Bertz CT molecular complexity index is 2220. The lowest BCUT2D eigenvalue weighted by Crippen LogP contribution is -2.48. The lowest BCUT2D eigenvalue weighted by molar-refractivity contribution is 0.00277. The Morgan fingerprint density at radius 2 is 0.873 bits per heavy atom. The molecule has 344 valence electrons. The fourth-order valence-corrected chi connectivity index (χ4v) is 8.08. The number of para-hydroxylation sites is 1. The number of piperazine rings is 1. The van der Waals surface area contributed by atoms with Gasteiger partial charge in [-0.3, -0.25) is 9.59 Å². The van der Waals surface area contributed by atoms with Crippen LogP contribution < -0.4 is 20.9 Å². The van der Waals surface area contributed by atoms with Gasteiger partial charge >= 0.3 is 0 Å². The molecule has 0 amide bonds. The van der Waals surface area contributed by atoms with Crippen molar-refractivity contribution in [3.05, 3.63) is 113 Å². The van der Waals surface area contributed by atoms with Crippen molar-refractivity contribution in [1.29, 1.82) is 0 Å². The van der Waals surface area contributed by atoms with Crippen molar-refractivity contribution in [2.75, 3.05) is 143 Å². The molecule has 0 saturated carbocycles. The van der Waals surface area contributed by atoms with Crippen LogP contribution in [0.5, 0.6) is 0 Å². The summed E-state index contributed by atoms with van der Waals surface area (Å²) in [6.07, 6.45) is 0. The second kappa shape index (κ2) is 28.7. The number of pyridine rings is 2. The summed E-state index contributed by atoms with van der Waals surface area (Å²) in [7, 11) is 3.29. The van der Waals surface area contributed by atoms with Crippen LogP contribution in [-0.4, -0.2) is 142 Å². The third-order valence-corrected chi connectivity index (χ3v) is 11.6. The van der Waals surface area contributed by atoms with Gasteiger partial charge in [-0.2, -0.15) is 0 Å². The van der Waals surface area contributed by atoms with Gasteiger partial charge in [-0.15, -0.1) is 0 Å². The largest absolute Gasteiger partial charge is 0.382 e. The first-order valence-corrected chi connectivity index (χ1v) is 23.5. The molecule has 1 aliphatic rings. The Morgan fingerprint density at radius 1 is 0.460 bits per heavy atom. The van der Waals surface area contributed by atoms with Crippen LogP contribution in [-0.2, 0) is 51.0 Å². The number of rotatable bonds is 26. The van der Waals surface area contributed by atoms with Crippen LogP contribution in [0.4, 0.5) is 11.4 Å². The van der Waals surface area contributed by atoms with E-state index in [4.69, 9.17) is 37.9 Å². The predicted octanol–water partition coefficient (Wildman–Crippen LogP) is 7.01. The molecule has 0 N–H and O–H groups in total. The minimum atomic E-state index is -0.0621. The molecule has 3 heterocycles. The van der Waals surface area contributed by atoms with Crippen molar-refractivity contribution < 1.29 is 37.9 Å². The monoisotopic (exact) mass is 1060 g/mol. The zero-order valence-corrected chi connectivity index (χ0v) is 40.9. The Hall–Kier alpha value is -3.20. The van der Waals surface area contributed by atoms with E-state index in [1.807, 2.05) is 53.1 Å². The van der Waals surface area contributed by atoms with Crippen molar-refractivity contribution in [3.63, 3.8) is 0 Å². The minimum Gasteiger partial charge on any atom is -0.382 e. The van der Waals surface area contributed by atoms with Crippen molar-refractivity contribution in [3.8, 4) is 0 Å². The zero-order valence-electron chi connectivity index (χ0n) is 36.2. The van der Waals surface area contributed by atoms with Crippen molar-refractivity contribution >= 4 is 81.0 Å². The molecule has 1 saturated heterocycles. The fraction of sp³-hybridized carbons (Fsp3) is 0.478. The average Bonchev–Trinajstić information content (AvgIpc) is 3.29. The molecule has 0 spiro atoms. The molecule has 0 radical (unpaired) electrons. The number of hydrogen-bond acceptors (Lipinski definition) is 12. The van der Waals surface area contributed by atoms with Gasteiger partial charge in [-0.25, -0.2) is 0 Å². The maximum atomic E-state index is 13.6. The number of methoxy groups -OCH3 is 2. The van der Waals surface area contributed by atoms with Gasteiger partial charge < -0.3 is 56.8 Å². The van der Waals surface area contributed by atoms with Crippen LogP contribution in [0.3, 0.4) is 0 Å². The van der Waals surface area contributed by atoms with Gasteiger partial charge in [0.2, 0.25) is 0 Å². The Kier molecular flexibility index (Phi) is 23.1. The van der Waals surface area contributed by atoms with Crippen molar-refractivity contribution in [2.45, 2.75) is 13.1 Å². The SMILES string of the molecule is COCCOCCOCCOCCn1c(=O)c(Br)cc2cc(Br)ccc21.COCCOCCOCCOCCn1c(=O)c(N2CCN(c3ccccc3)CC2)cc2cc(Br)ccc21. The lowest BCUT2D eigenvalue weighted by atomic mass is 10.1. The summed E-state index contributed by atoms with van der Waals surface area (Å²) in [6, 6.07) is 26.2. The molecule has 0 atom stereocenters. The number of ether oxygens (including phenoxy) is 8. The van der Waals surface area contributed by atoms with Crippen molar-refractivity contribution in [1.82, 2.24) is 9.13 Å². The van der Waals surface area contributed by atoms with Crippen LogP contribution in [0.25, 0.3) is 21.8 Å². The van der Waals surface area contributed by atoms with E-state index < -0.39 is 0 Å². The van der Waals surface area contributed by atoms with E-state index in [-0.39, 0.29) is 11.1 Å². The molecule has 17 heteroatoms. The number of anilines is 2. The molecule has 3 aromatic carbocycles. The van der Waals surface area contributed by atoms with Crippen LogP contribution in [0.1, 0.15) is 0 Å². The van der Waals surface area contributed by atoms with Gasteiger partial charge in [-0.05, 0) is 76.6 Å². The molecule has 2 aromatic heterocycles. The summed E-state index contributed by atoms with van der Waals surface area (Å²) in [5.74, 6) is 0. The topological polar surface area (TPSA) is 124 Å². The van der Waals surface area contributed by atoms with E-state index in [0.29, 0.717) is 110 Å². The molecule has 0 aliphatic carbocycles. The third-order valence-electron chi connectivity index (χ3n) is 10.1. The number of aromatic nitrogens is 2. The van der Waals surface area contributed by atoms with E-state index in [9.17, 15) is 9.59 Å². The highest BCUT2D eigenvalue weighted by atomic mass is 79.9. The van der Waals surface area contributed by atoms with Gasteiger partial charge in [0.25, 0.3) is 11.1 Å². The van der Waals surface area contributed by atoms with Gasteiger partial charge in [0.1, 0.15) is 5.69 Å². The van der Waals surface area contributed by atoms with Crippen LogP contribution in [0, 0.1) is 0 Å².